The highest BCUT2D eigenvalue weighted by Gasteiger charge is 2.49. The predicted octanol–water partition coefficient (Wildman–Crippen LogP) is 1.37. The molecule has 35 heavy (non-hydrogen) atoms. The highest BCUT2D eigenvalue weighted by molar-refractivity contribution is 5.82. The number of nitro groups is 1. The zero-order valence-corrected chi connectivity index (χ0v) is 19.2. The van der Waals surface area contributed by atoms with Crippen molar-refractivity contribution in [1.29, 1.82) is 0 Å². The van der Waals surface area contributed by atoms with Gasteiger partial charge in [-0.2, -0.15) is 5.10 Å². The first-order chi connectivity index (χ1) is 16.9. The van der Waals surface area contributed by atoms with Crippen LogP contribution >= 0.6 is 0 Å². The normalized spacial score (nSPS) is 24.2. The van der Waals surface area contributed by atoms with Gasteiger partial charge in [-0.05, 0) is 36.5 Å². The lowest BCUT2D eigenvalue weighted by atomic mass is 9.70. The van der Waals surface area contributed by atoms with Crippen molar-refractivity contribution < 1.29 is 9.72 Å². The van der Waals surface area contributed by atoms with Crippen molar-refractivity contribution in [3.63, 3.8) is 0 Å². The number of hydrogen-bond acceptors (Lipinski definition) is 7. The fourth-order valence-corrected chi connectivity index (χ4v) is 6.21. The Morgan fingerprint density at radius 2 is 2.11 bits per heavy atom. The van der Waals surface area contributed by atoms with Gasteiger partial charge in [0, 0.05) is 61.7 Å². The summed E-state index contributed by atoms with van der Waals surface area (Å²) in [4.78, 5) is 43.6. The van der Waals surface area contributed by atoms with Gasteiger partial charge in [-0.15, -0.1) is 0 Å². The molecule has 2 bridgehead atoms. The Morgan fingerprint density at radius 1 is 1.26 bits per heavy atom. The van der Waals surface area contributed by atoms with Crippen LogP contribution in [0.5, 0.6) is 0 Å². The molecule has 6 rings (SSSR count). The van der Waals surface area contributed by atoms with Gasteiger partial charge in [-0.1, -0.05) is 6.07 Å². The lowest BCUT2D eigenvalue weighted by Crippen LogP contribution is -2.61. The van der Waals surface area contributed by atoms with Gasteiger partial charge in [0.1, 0.15) is 6.33 Å². The summed E-state index contributed by atoms with van der Waals surface area (Å²) in [7, 11) is 1.77. The van der Waals surface area contributed by atoms with E-state index in [4.69, 9.17) is 0 Å². The monoisotopic (exact) mass is 475 g/mol. The summed E-state index contributed by atoms with van der Waals surface area (Å²) in [6, 6.07) is 10.2. The molecule has 0 spiro atoms. The molecule has 1 saturated heterocycles. The summed E-state index contributed by atoms with van der Waals surface area (Å²) in [6.07, 6.45) is 2.88. The second kappa shape index (κ2) is 8.03. The van der Waals surface area contributed by atoms with E-state index < -0.39 is 10.8 Å². The molecule has 3 aliphatic heterocycles. The second-order valence-corrected chi connectivity index (χ2v) is 9.67. The molecule has 0 radical (unpaired) electrons. The van der Waals surface area contributed by atoms with E-state index in [1.54, 1.807) is 36.3 Å². The van der Waals surface area contributed by atoms with Crippen LogP contribution in [0.1, 0.15) is 29.4 Å². The van der Waals surface area contributed by atoms with E-state index in [1.807, 2.05) is 16.7 Å². The van der Waals surface area contributed by atoms with Crippen molar-refractivity contribution >= 4 is 17.3 Å². The van der Waals surface area contributed by atoms with Crippen molar-refractivity contribution in [3.05, 3.63) is 80.3 Å². The number of anilines is 1. The van der Waals surface area contributed by atoms with Crippen LogP contribution in [0.25, 0.3) is 0 Å². The lowest BCUT2D eigenvalue weighted by molar-refractivity contribution is -0.384. The number of hydrogen-bond donors (Lipinski definition) is 1. The number of carbonyl (C=O) groups is 1. The van der Waals surface area contributed by atoms with Crippen LogP contribution in [0.2, 0.25) is 0 Å². The first kappa shape index (κ1) is 21.5. The molecule has 4 atom stereocenters. The van der Waals surface area contributed by atoms with E-state index in [1.165, 1.54) is 6.07 Å². The first-order valence-electron chi connectivity index (χ1n) is 11.7. The van der Waals surface area contributed by atoms with Crippen LogP contribution < -0.4 is 15.8 Å². The number of nitrogens with one attached hydrogen (secondary N) is 1. The SMILES string of the molecule is Cn1cnc(CNC(=O)[C@@H]2Cc3cc([N+](=O)[O-])ccc3N3C[C@H]4C[C@@H](Cn5c4cccc5=O)[C@@H]23)n1. The number of aryl methyl sites for hydroxylation is 1. The van der Waals surface area contributed by atoms with Crippen LogP contribution in [0, 0.1) is 22.0 Å². The number of piperidine rings is 1. The standard InChI is InChI=1S/C24H25N7O4/c1-28-13-26-21(27-28)10-25-24(33)18-9-14-8-17(31(34)35)5-6-20(14)30-11-15-7-16(23(18)30)12-29-19(15)3-2-4-22(29)32/h2-6,8,13,15-16,18,23H,7,9-12H2,1H3,(H,25,33)/t15-,16+,18-,23+/m1/s1. The van der Waals surface area contributed by atoms with Gasteiger partial charge >= 0.3 is 0 Å². The van der Waals surface area contributed by atoms with Gasteiger partial charge in [0.05, 0.1) is 17.4 Å². The first-order valence-corrected chi connectivity index (χ1v) is 11.7. The Morgan fingerprint density at radius 3 is 2.89 bits per heavy atom. The van der Waals surface area contributed by atoms with Crippen LogP contribution in [0.4, 0.5) is 11.4 Å². The third-order valence-corrected chi connectivity index (χ3v) is 7.61. The minimum atomic E-state index is -0.417. The molecule has 0 saturated carbocycles. The van der Waals surface area contributed by atoms with Gasteiger partial charge in [0.2, 0.25) is 5.91 Å². The number of pyridine rings is 1. The Hall–Kier alpha value is -4.02. The van der Waals surface area contributed by atoms with Crippen LogP contribution in [0.3, 0.4) is 0 Å². The van der Waals surface area contributed by atoms with E-state index in [0.717, 1.165) is 23.4 Å². The molecule has 1 aromatic carbocycles. The molecule has 0 unspecified atom stereocenters. The fraction of sp³-hybridized carbons (Fsp3) is 0.417. The molecule has 1 N–H and O–H groups in total. The summed E-state index contributed by atoms with van der Waals surface area (Å²) >= 11 is 0. The smallest absolute Gasteiger partial charge is 0.269 e. The second-order valence-electron chi connectivity index (χ2n) is 9.67. The number of fused-ring (bicyclic) bond motifs is 8. The zero-order valence-electron chi connectivity index (χ0n) is 19.2. The Labute approximate surface area is 200 Å². The third-order valence-electron chi connectivity index (χ3n) is 7.61. The van der Waals surface area contributed by atoms with Crippen molar-refractivity contribution in [3.8, 4) is 0 Å². The van der Waals surface area contributed by atoms with Crippen molar-refractivity contribution in [2.75, 3.05) is 11.4 Å². The maximum atomic E-state index is 13.5. The molecule has 2 aromatic heterocycles. The number of rotatable bonds is 4. The number of benzene rings is 1. The number of nitrogens with zero attached hydrogens (tertiary/aromatic N) is 6. The van der Waals surface area contributed by atoms with Crippen LogP contribution in [0.15, 0.2) is 47.5 Å². The average Bonchev–Trinajstić information content (AvgIpc) is 3.27. The molecule has 180 valence electrons. The molecule has 1 fully saturated rings. The maximum absolute atomic E-state index is 13.5. The van der Waals surface area contributed by atoms with Gasteiger partial charge < -0.3 is 14.8 Å². The van der Waals surface area contributed by atoms with E-state index in [2.05, 4.69) is 20.3 Å². The molecular formula is C24H25N7O4. The van der Waals surface area contributed by atoms with Crippen molar-refractivity contribution in [1.82, 2.24) is 24.6 Å². The van der Waals surface area contributed by atoms with Crippen LogP contribution in [-0.4, -0.2) is 42.7 Å². The minimum absolute atomic E-state index is 0.0142. The van der Waals surface area contributed by atoms with Gasteiger partial charge in [-0.25, -0.2) is 4.98 Å². The number of carbonyl (C=O) groups excluding carboxylic acids is 1. The van der Waals surface area contributed by atoms with E-state index in [0.29, 0.717) is 25.3 Å². The molecule has 11 nitrogen and oxygen atoms in total. The van der Waals surface area contributed by atoms with Gasteiger partial charge in [0.25, 0.3) is 11.2 Å². The Kier molecular flexibility index (Phi) is 4.94. The highest BCUT2D eigenvalue weighted by atomic mass is 16.6. The minimum Gasteiger partial charge on any atom is -0.366 e. The Bertz CT molecular complexity index is 1400. The number of nitro benzene ring substituents is 1. The van der Waals surface area contributed by atoms with Crippen LogP contribution in [-0.2, 0) is 31.4 Å². The number of amides is 1. The largest absolute Gasteiger partial charge is 0.366 e. The van der Waals surface area contributed by atoms with Gasteiger partial charge in [-0.3, -0.25) is 24.4 Å². The van der Waals surface area contributed by atoms with E-state index >= 15 is 0 Å². The van der Waals surface area contributed by atoms with Crippen molar-refractivity contribution in [2.24, 2.45) is 18.9 Å². The average molecular weight is 476 g/mol. The van der Waals surface area contributed by atoms with Crippen molar-refractivity contribution in [2.45, 2.75) is 37.9 Å². The molecule has 3 aromatic rings. The number of aromatic nitrogens is 4. The molecular weight excluding hydrogens is 450 g/mol. The summed E-state index contributed by atoms with van der Waals surface area (Å²) in [5, 5.41) is 18.6. The maximum Gasteiger partial charge on any atom is 0.269 e. The van der Waals surface area contributed by atoms with Gasteiger partial charge in [0.15, 0.2) is 5.82 Å². The summed E-state index contributed by atoms with van der Waals surface area (Å²) in [5.41, 5.74) is 2.77. The molecule has 1 amide bonds. The predicted molar refractivity (Wildman–Crippen MR) is 126 cm³/mol. The summed E-state index contributed by atoms with van der Waals surface area (Å²) < 4.78 is 3.44. The summed E-state index contributed by atoms with van der Waals surface area (Å²) in [6.45, 7) is 1.42. The Balaban J connectivity index is 1.38. The lowest BCUT2D eigenvalue weighted by Gasteiger charge is -2.54. The number of non-ortho nitro benzene ring substituents is 1. The van der Waals surface area contributed by atoms with E-state index in [-0.39, 0.29) is 41.6 Å². The summed E-state index contributed by atoms with van der Waals surface area (Å²) in [5.74, 6) is 0.232. The molecule has 5 heterocycles. The molecule has 0 aliphatic carbocycles. The molecule has 11 heteroatoms. The highest BCUT2D eigenvalue weighted by Crippen LogP contribution is 2.47. The zero-order chi connectivity index (χ0) is 24.3. The molecule has 3 aliphatic rings. The topological polar surface area (TPSA) is 128 Å². The quantitative estimate of drug-likeness (QED) is 0.446. The fourth-order valence-electron chi connectivity index (χ4n) is 6.21. The third kappa shape index (κ3) is 3.58. The van der Waals surface area contributed by atoms with E-state index in [9.17, 15) is 19.7 Å².